The minimum Gasteiger partial charge on any atom is -0.493 e. The molecule has 0 spiro atoms. The summed E-state index contributed by atoms with van der Waals surface area (Å²) in [5.41, 5.74) is 3.07. The Morgan fingerprint density at radius 1 is 1.23 bits per heavy atom. The normalized spacial score (nSPS) is 24.8. The molecule has 2 aromatic rings. The number of nitrogens with zero attached hydrogens (tertiary/aromatic N) is 1. The summed E-state index contributed by atoms with van der Waals surface area (Å²) < 4.78 is 17.4. The number of fused-ring (bicyclic) bond motifs is 3. The maximum Gasteiger partial charge on any atom is 0.252 e. The quantitative estimate of drug-likeness (QED) is 0.401. The Balaban J connectivity index is 1.60. The second-order valence-corrected chi connectivity index (χ2v) is 10.4. The first kappa shape index (κ1) is 27.8. The fourth-order valence-electron chi connectivity index (χ4n) is 5.74. The lowest BCUT2D eigenvalue weighted by molar-refractivity contribution is -0.147. The van der Waals surface area contributed by atoms with E-state index in [0.29, 0.717) is 41.9 Å². The molecule has 10 nitrogen and oxygen atoms in total. The summed E-state index contributed by atoms with van der Waals surface area (Å²) in [5.74, 6) is -0.831. The van der Waals surface area contributed by atoms with Gasteiger partial charge in [0, 0.05) is 36.4 Å². The van der Waals surface area contributed by atoms with Gasteiger partial charge in [-0.3, -0.25) is 14.4 Å². The van der Waals surface area contributed by atoms with Gasteiger partial charge < -0.3 is 34.6 Å². The highest BCUT2D eigenvalue weighted by atomic mass is 16.5. The molecule has 1 aliphatic carbocycles. The second-order valence-electron chi connectivity index (χ2n) is 10.4. The number of aliphatic hydroxyl groups excluding tert-OH is 2. The van der Waals surface area contributed by atoms with Crippen molar-refractivity contribution in [3.8, 4) is 11.5 Å². The van der Waals surface area contributed by atoms with Crippen LogP contribution in [0.15, 0.2) is 48.0 Å². The molecule has 0 radical (unpaired) electrons. The Morgan fingerprint density at radius 3 is 2.65 bits per heavy atom. The Bertz CT molecular complexity index is 1300. The molecular weight excluding hydrogens is 516 g/mol. The van der Waals surface area contributed by atoms with Gasteiger partial charge in [0.1, 0.15) is 24.6 Å². The number of rotatable bonds is 9. The van der Waals surface area contributed by atoms with Gasteiger partial charge in [0.05, 0.1) is 25.7 Å². The topological polar surface area (TPSA) is 135 Å². The lowest BCUT2D eigenvalue weighted by atomic mass is 9.77. The molecule has 3 N–H and O–H groups in total. The van der Waals surface area contributed by atoms with Crippen LogP contribution in [-0.2, 0) is 20.9 Å². The third kappa shape index (κ3) is 5.22. The van der Waals surface area contributed by atoms with Crippen LogP contribution in [0, 0.1) is 6.92 Å². The number of hydrogen-bond acceptors (Lipinski definition) is 8. The first-order valence-electron chi connectivity index (χ1n) is 13.5. The van der Waals surface area contributed by atoms with E-state index in [4.69, 9.17) is 14.2 Å². The number of benzene rings is 2. The van der Waals surface area contributed by atoms with Gasteiger partial charge in [0.15, 0.2) is 11.5 Å². The van der Waals surface area contributed by atoms with Crippen LogP contribution in [0.2, 0.25) is 0 Å². The minimum atomic E-state index is -1.22. The van der Waals surface area contributed by atoms with Crippen LogP contribution in [-0.4, -0.2) is 84.4 Å². The maximum atomic E-state index is 13.8. The summed E-state index contributed by atoms with van der Waals surface area (Å²) >= 11 is 0. The molecule has 2 aliphatic heterocycles. The molecular formula is C30H34N2O8. The van der Waals surface area contributed by atoms with Crippen molar-refractivity contribution in [2.45, 2.75) is 56.6 Å². The molecule has 40 heavy (non-hydrogen) atoms. The van der Waals surface area contributed by atoms with Gasteiger partial charge in [-0.05, 0) is 43.5 Å². The third-order valence-corrected chi connectivity index (χ3v) is 7.73. The summed E-state index contributed by atoms with van der Waals surface area (Å²) in [4.78, 5) is 40.5. The van der Waals surface area contributed by atoms with Crippen molar-refractivity contribution in [1.82, 2.24) is 10.2 Å². The highest BCUT2D eigenvalue weighted by molar-refractivity contribution is 5.96. The largest absolute Gasteiger partial charge is 0.493 e. The molecule has 212 valence electrons. The molecule has 2 amide bonds. The zero-order valence-electron chi connectivity index (χ0n) is 22.5. The predicted molar refractivity (Wildman–Crippen MR) is 144 cm³/mol. The summed E-state index contributed by atoms with van der Waals surface area (Å²) in [5, 5.41) is 23.8. The van der Waals surface area contributed by atoms with Crippen molar-refractivity contribution >= 4 is 18.1 Å². The zero-order valence-corrected chi connectivity index (χ0v) is 22.5. The number of amides is 2. The van der Waals surface area contributed by atoms with Crippen LogP contribution in [0.25, 0.3) is 0 Å². The van der Waals surface area contributed by atoms with Crippen LogP contribution in [0.5, 0.6) is 11.5 Å². The third-order valence-electron chi connectivity index (χ3n) is 7.73. The molecule has 5 unspecified atom stereocenters. The number of aliphatic hydroxyl groups is 2. The highest BCUT2D eigenvalue weighted by Gasteiger charge is 2.52. The van der Waals surface area contributed by atoms with Gasteiger partial charge >= 0.3 is 0 Å². The smallest absolute Gasteiger partial charge is 0.252 e. The SMILES string of the molecule is COc1cc(C=O)cc2c1OC1C2C(C(=O)NCCO)=CC(N(Cc2ccc(C)cc2)C(=O)C2CCCO2)C1O. The summed E-state index contributed by atoms with van der Waals surface area (Å²) in [6.07, 6.45) is 0.816. The van der Waals surface area contributed by atoms with Crippen LogP contribution in [0.1, 0.15) is 45.8 Å². The van der Waals surface area contributed by atoms with Crippen LogP contribution in [0.3, 0.4) is 0 Å². The zero-order chi connectivity index (χ0) is 28.4. The van der Waals surface area contributed by atoms with Crippen molar-refractivity contribution in [3.63, 3.8) is 0 Å². The van der Waals surface area contributed by atoms with Crippen molar-refractivity contribution < 1.29 is 38.8 Å². The molecule has 2 heterocycles. The Morgan fingerprint density at radius 2 is 2.00 bits per heavy atom. The summed E-state index contributed by atoms with van der Waals surface area (Å²) in [6, 6.07) is 10.00. The Labute approximate surface area is 232 Å². The van der Waals surface area contributed by atoms with E-state index in [1.807, 2.05) is 31.2 Å². The average molecular weight is 551 g/mol. The van der Waals surface area contributed by atoms with Crippen molar-refractivity contribution in [1.29, 1.82) is 0 Å². The average Bonchev–Trinajstić information content (AvgIpc) is 3.64. The van der Waals surface area contributed by atoms with Gasteiger partial charge in [-0.25, -0.2) is 0 Å². The van der Waals surface area contributed by atoms with E-state index >= 15 is 0 Å². The van der Waals surface area contributed by atoms with Crippen molar-refractivity contribution in [3.05, 3.63) is 70.3 Å². The number of aldehydes is 1. The fraction of sp³-hybridized carbons (Fsp3) is 0.433. The molecule has 5 rings (SSSR count). The number of ether oxygens (including phenoxy) is 3. The first-order valence-corrected chi connectivity index (χ1v) is 13.5. The molecule has 1 saturated heterocycles. The van der Waals surface area contributed by atoms with E-state index in [9.17, 15) is 24.6 Å². The van der Waals surface area contributed by atoms with Gasteiger partial charge in [0.25, 0.3) is 5.91 Å². The molecule has 0 bridgehead atoms. The van der Waals surface area contributed by atoms with Crippen LogP contribution < -0.4 is 14.8 Å². The first-order chi connectivity index (χ1) is 19.4. The van der Waals surface area contributed by atoms with Gasteiger partial charge in [0.2, 0.25) is 5.91 Å². The van der Waals surface area contributed by atoms with Crippen LogP contribution >= 0.6 is 0 Å². The molecule has 10 heteroatoms. The van der Waals surface area contributed by atoms with Gasteiger partial charge in [-0.15, -0.1) is 0 Å². The van der Waals surface area contributed by atoms with Crippen molar-refractivity contribution in [2.24, 2.45) is 0 Å². The second kappa shape index (κ2) is 11.8. The van der Waals surface area contributed by atoms with Crippen molar-refractivity contribution in [2.75, 3.05) is 26.9 Å². The number of carbonyl (C=O) groups is 3. The van der Waals surface area contributed by atoms with Crippen LogP contribution in [0.4, 0.5) is 0 Å². The number of hydrogen-bond donors (Lipinski definition) is 3. The van der Waals surface area contributed by atoms with E-state index in [-0.39, 0.29) is 31.2 Å². The Kier molecular flexibility index (Phi) is 8.20. The van der Waals surface area contributed by atoms with E-state index in [0.717, 1.165) is 17.5 Å². The molecule has 0 saturated carbocycles. The van der Waals surface area contributed by atoms with E-state index in [1.165, 1.54) is 13.2 Å². The van der Waals surface area contributed by atoms with E-state index in [1.54, 1.807) is 17.0 Å². The lowest BCUT2D eigenvalue weighted by Crippen LogP contribution is -2.57. The Hall–Kier alpha value is -3.73. The molecule has 0 aromatic heterocycles. The monoisotopic (exact) mass is 550 g/mol. The van der Waals surface area contributed by atoms with E-state index < -0.39 is 36.2 Å². The highest BCUT2D eigenvalue weighted by Crippen LogP contribution is 2.51. The van der Waals surface area contributed by atoms with Gasteiger partial charge in [-0.1, -0.05) is 29.8 Å². The standard InChI is InChI=1S/C30H34N2O8/c1-17-5-7-18(8-6-17)15-32(30(37)23-4-3-11-39-23)22-14-21(29(36)31-9-10-33)25-20-12-19(16-34)13-24(38-2)27(20)40-28(25)26(22)35/h5-8,12-14,16,22-23,25-26,28,33,35H,3-4,9-11,15H2,1-2H3,(H,31,36). The molecule has 3 aliphatic rings. The van der Waals surface area contributed by atoms with Gasteiger partial charge in [-0.2, -0.15) is 0 Å². The molecule has 1 fully saturated rings. The summed E-state index contributed by atoms with van der Waals surface area (Å²) in [7, 11) is 1.45. The fourth-order valence-corrected chi connectivity index (χ4v) is 5.74. The maximum absolute atomic E-state index is 13.8. The number of methoxy groups -OCH3 is 1. The van der Waals surface area contributed by atoms with E-state index in [2.05, 4.69) is 5.32 Å². The number of aryl methyl sites for hydroxylation is 1. The number of nitrogens with one attached hydrogen (secondary N) is 1. The molecule has 5 atom stereocenters. The minimum absolute atomic E-state index is 0.0219. The predicted octanol–water partition coefficient (Wildman–Crippen LogP) is 1.65. The number of carbonyl (C=O) groups excluding carboxylic acids is 3. The lowest BCUT2D eigenvalue weighted by Gasteiger charge is -2.41. The molecule has 2 aromatic carbocycles. The summed E-state index contributed by atoms with van der Waals surface area (Å²) in [6.45, 7) is 2.41.